The Hall–Kier alpha value is -1.80. The molecule has 0 unspecified atom stereocenters. The molecular weight excluding hydrogens is 250 g/mol. The second-order valence-corrected chi connectivity index (χ2v) is 4.07. The number of aromatic nitrogens is 2. The third-order valence-corrected chi connectivity index (χ3v) is 2.66. The smallest absolute Gasteiger partial charge is 0.219 e. The maximum Gasteiger partial charge on any atom is 0.219 e. The number of rotatable bonds is 4. The van der Waals surface area contributed by atoms with E-state index in [4.69, 9.17) is 10.6 Å². The zero-order valence-electron chi connectivity index (χ0n) is 8.48. The van der Waals surface area contributed by atoms with Gasteiger partial charge in [0.25, 0.3) is 0 Å². The molecule has 0 bridgehead atoms. The Morgan fingerprint density at radius 2 is 2.18 bits per heavy atom. The lowest BCUT2D eigenvalue weighted by molar-refractivity contribution is 0.288. The largest absolute Gasteiger partial charge is 0.483 e. The molecule has 1 aromatic carbocycles. The average molecular weight is 258 g/mol. The molecule has 1 heterocycles. The van der Waals surface area contributed by atoms with E-state index in [2.05, 4.69) is 15.6 Å². The molecule has 0 aliphatic heterocycles. The Morgan fingerprint density at radius 3 is 2.82 bits per heavy atom. The Morgan fingerprint density at radius 1 is 1.35 bits per heavy atom. The summed E-state index contributed by atoms with van der Waals surface area (Å²) in [4.78, 5) is 0. The van der Waals surface area contributed by atoms with Gasteiger partial charge in [-0.25, -0.2) is 14.6 Å². The molecule has 0 fully saturated rings. The van der Waals surface area contributed by atoms with Crippen molar-refractivity contribution >= 4 is 16.5 Å². The molecule has 0 radical (unpaired) electrons. The fourth-order valence-corrected chi connectivity index (χ4v) is 1.67. The highest BCUT2D eigenvalue weighted by Crippen LogP contribution is 2.20. The normalized spacial score (nSPS) is 10.3. The second-order valence-electron chi connectivity index (χ2n) is 3.01. The molecule has 0 amide bonds. The quantitative estimate of drug-likeness (QED) is 0.644. The molecule has 5 nitrogen and oxygen atoms in total. The van der Waals surface area contributed by atoms with Crippen LogP contribution in [0.4, 0.5) is 13.9 Å². The van der Waals surface area contributed by atoms with E-state index >= 15 is 0 Å². The highest BCUT2D eigenvalue weighted by Gasteiger charge is 2.07. The van der Waals surface area contributed by atoms with Gasteiger partial charge in [-0.15, -0.1) is 10.2 Å². The summed E-state index contributed by atoms with van der Waals surface area (Å²) in [5.41, 5.74) is 2.33. The molecule has 2 rings (SSSR count). The van der Waals surface area contributed by atoms with Crippen molar-refractivity contribution in [1.29, 1.82) is 0 Å². The van der Waals surface area contributed by atoms with Crippen LogP contribution in [0.25, 0.3) is 0 Å². The predicted molar refractivity (Wildman–Crippen MR) is 58.4 cm³/mol. The second kappa shape index (κ2) is 5.02. The number of hydrazine groups is 1. The van der Waals surface area contributed by atoms with Crippen LogP contribution in [0.3, 0.4) is 0 Å². The van der Waals surface area contributed by atoms with Crippen molar-refractivity contribution in [3.63, 3.8) is 0 Å². The molecule has 0 aliphatic rings. The molecule has 0 aliphatic carbocycles. The number of hydrogen-bond donors (Lipinski definition) is 2. The van der Waals surface area contributed by atoms with E-state index in [0.29, 0.717) is 10.1 Å². The zero-order chi connectivity index (χ0) is 12.3. The minimum atomic E-state index is -0.758. The van der Waals surface area contributed by atoms with Gasteiger partial charge in [0.05, 0.1) is 0 Å². The van der Waals surface area contributed by atoms with Crippen molar-refractivity contribution in [2.24, 2.45) is 5.84 Å². The van der Waals surface area contributed by atoms with E-state index in [1.165, 1.54) is 17.4 Å². The summed E-state index contributed by atoms with van der Waals surface area (Å²) in [5, 5.41) is 8.40. The van der Waals surface area contributed by atoms with Crippen LogP contribution in [-0.2, 0) is 6.61 Å². The van der Waals surface area contributed by atoms with Crippen LogP contribution < -0.4 is 16.0 Å². The number of nitrogens with two attached hydrogens (primary N) is 1. The summed E-state index contributed by atoms with van der Waals surface area (Å²) in [6, 6.07) is 3.08. The minimum absolute atomic E-state index is 0.0381. The van der Waals surface area contributed by atoms with Gasteiger partial charge >= 0.3 is 0 Å². The Balaban J connectivity index is 2.02. The lowest BCUT2D eigenvalue weighted by Crippen LogP contribution is -2.05. The number of nitrogens with one attached hydrogen (secondary N) is 1. The van der Waals surface area contributed by atoms with Crippen molar-refractivity contribution in [3.05, 3.63) is 34.8 Å². The van der Waals surface area contributed by atoms with Crippen LogP contribution in [0.5, 0.6) is 5.75 Å². The minimum Gasteiger partial charge on any atom is -0.483 e. The molecule has 3 N–H and O–H groups in total. The number of ether oxygens (including phenoxy) is 1. The number of benzene rings is 1. The number of nitrogens with zero attached hydrogens (tertiary/aromatic N) is 2. The topological polar surface area (TPSA) is 73.1 Å². The first kappa shape index (κ1) is 11.7. The SMILES string of the molecule is NNc1nnc(COc2ccc(F)cc2F)s1. The fourth-order valence-electron chi connectivity index (χ4n) is 1.10. The predicted octanol–water partition coefficient (Wildman–Crippen LogP) is 1.68. The third-order valence-electron chi connectivity index (χ3n) is 1.84. The van der Waals surface area contributed by atoms with E-state index in [9.17, 15) is 8.78 Å². The van der Waals surface area contributed by atoms with E-state index < -0.39 is 11.6 Å². The van der Waals surface area contributed by atoms with Crippen LogP contribution in [0.2, 0.25) is 0 Å². The Kier molecular flexibility index (Phi) is 3.45. The van der Waals surface area contributed by atoms with E-state index in [1.54, 1.807) is 0 Å². The van der Waals surface area contributed by atoms with Crippen molar-refractivity contribution < 1.29 is 13.5 Å². The Labute approximate surface area is 99.2 Å². The maximum atomic E-state index is 13.2. The van der Waals surface area contributed by atoms with Gasteiger partial charge in [-0.3, -0.25) is 5.43 Å². The first-order valence-electron chi connectivity index (χ1n) is 4.56. The van der Waals surface area contributed by atoms with Crippen molar-refractivity contribution in [2.45, 2.75) is 6.61 Å². The lowest BCUT2D eigenvalue weighted by atomic mass is 10.3. The van der Waals surface area contributed by atoms with E-state index in [-0.39, 0.29) is 12.4 Å². The number of anilines is 1. The monoisotopic (exact) mass is 258 g/mol. The highest BCUT2D eigenvalue weighted by molar-refractivity contribution is 7.15. The van der Waals surface area contributed by atoms with Gasteiger partial charge < -0.3 is 4.74 Å². The van der Waals surface area contributed by atoms with Crippen LogP contribution in [0, 0.1) is 11.6 Å². The summed E-state index contributed by atoms with van der Waals surface area (Å²) in [6.45, 7) is 0.0436. The number of hydrogen-bond acceptors (Lipinski definition) is 6. The van der Waals surface area contributed by atoms with E-state index in [1.807, 2.05) is 0 Å². The summed E-state index contributed by atoms with van der Waals surface area (Å²) in [5.74, 6) is 3.68. The molecule has 17 heavy (non-hydrogen) atoms. The summed E-state index contributed by atoms with van der Waals surface area (Å²) in [7, 11) is 0. The molecule has 0 saturated heterocycles. The Bertz CT molecular complexity index is 519. The standard InChI is InChI=1S/C9H8F2N4OS/c10-5-1-2-7(6(11)3-5)16-4-8-14-15-9(13-12)17-8/h1-3H,4,12H2,(H,13,15). The van der Waals surface area contributed by atoms with Crippen molar-refractivity contribution in [1.82, 2.24) is 10.2 Å². The maximum absolute atomic E-state index is 13.2. The van der Waals surface area contributed by atoms with Gasteiger partial charge in [0, 0.05) is 6.07 Å². The van der Waals surface area contributed by atoms with Crippen LogP contribution in [-0.4, -0.2) is 10.2 Å². The van der Waals surface area contributed by atoms with Crippen molar-refractivity contribution in [2.75, 3.05) is 5.43 Å². The third kappa shape index (κ3) is 2.86. The molecule has 1 aromatic heterocycles. The molecule has 0 spiro atoms. The van der Waals surface area contributed by atoms with Gasteiger partial charge in [-0.2, -0.15) is 0 Å². The van der Waals surface area contributed by atoms with Crippen LogP contribution >= 0.6 is 11.3 Å². The van der Waals surface area contributed by atoms with Crippen LogP contribution in [0.1, 0.15) is 5.01 Å². The highest BCUT2D eigenvalue weighted by atomic mass is 32.1. The average Bonchev–Trinajstić information content (AvgIpc) is 2.76. The lowest BCUT2D eigenvalue weighted by Gasteiger charge is -2.04. The summed E-state index contributed by atoms with van der Waals surface area (Å²) < 4.78 is 30.9. The van der Waals surface area contributed by atoms with E-state index in [0.717, 1.165) is 12.1 Å². The number of nitrogen functional groups attached to an aromatic ring is 1. The van der Waals surface area contributed by atoms with Gasteiger partial charge in [0.15, 0.2) is 16.6 Å². The fraction of sp³-hybridized carbons (Fsp3) is 0.111. The first-order valence-corrected chi connectivity index (χ1v) is 5.37. The molecule has 90 valence electrons. The van der Waals surface area contributed by atoms with Crippen molar-refractivity contribution in [3.8, 4) is 5.75 Å². The molecule has 2 aromatic rings. The van der Waals surface area contributed by atoms with Crippen LogP contribution in [0.15, 0.2) is 18.2 Å². The first-order chi connectivity index (χ1) is 8.19. The summed E-state index contributed by atoms with van der Waals surface area (Å²) in [6.07, 6.45) is 0. The molecular formula is C9H8F2N4OS. The molecule has 0 atom stereocenters. The summed E-state index contributed by atoms with van der Waals surface area (Å²) >= 11 is 1.18. The van der Waals surface area contributed by atoms with Gasteiger partial charge in [-0.05, 0) is 12.1 Å². The van der Waals surface area contributed by atoms with Gasteiger partial charge in [0.2, 0.25) is 5.13 Å². The van der Waals surface area contributed by atoms with Gasteiger partial charge in [-0.1, -0.05) is 11.3 Å². The molecule has 0 saturated carbocycles. The molecule has 8 heteroatoms. The number of halogens is 2. The zero-order valence-corrected chi connectivity index (χ0v) is 9.30. The van der Waals surface area contributed by atoms with Gasteiger partial charge in [0.1, 0.15) is 12.4 Å².